The van der Waals surface area contributed by atoms with Gasteiger partial charge in [0.2, 0.25) is 5.91 Å². The summed E-state index contributed by atoms with van der Waals surface area (Å²) < 4.78 is 0. The van der Waals surface area contributed by atoms with Gasteiger partial charge in [0.05, 0.1) is 11.1 Å². The molecule has 1 saturated heterocycles. The summed E-state index contributed by atoms with van der Waals surface area (Å²) in [6.07, 6.45) is 4.44. The van der Waals surface area contributed by atoms with E-state index in [9.17, 15) is 14.4 Å². The summed E-state index contributed by atoms with van der Waals surface area (Å²) in [6, 6.07) is 6.58. The minimum Gasteiger partial charge on any atom is -0.349 e. The number of nitrogens with zero attached hydrogens (tertiary/aromatic N) is 2. The molecule has 2 heterocycles. The van der Waals surface area contributed by atoms with E-state index in [-0.39, 0.29) is 6.54 Å². The second kappa shape index (κ2) is 7.09. The van der Waals surface area contributed by atoms with Crippen LogP contribution >= 0.6 is 12.2 Å². The molecule has 0 aliphatic carbocycles. The number of carbonyl (C=O) groups is 3. The van der Waals surface area contributed by atoms with Crippen LogP contribution < -0.4 is 5.32 Å². The number of benzene rings is 1. The molecule has 0 aromatic heterocycles. The number of carbonyl (C=O) groups excluding carboxylic acids is 3. The lowest BCUT2D eigenvalue weighted by Gasteiger charge is -2.24. The molecular formula is C17H19N3O3S. The number of amides is 3. The van der Waals surface area contributed by atoms with Crippen molar-refractivity contribution in [3.63, 3.8) is 0 Å². The first-order valence-electron chi connectivity index (χ1n) is 8.12. The number of hydrogen-bond donors (Lipinski definition) is 1. The van der Waals surface area contributed by atoms with E-state index in [0.29, 0.717) is 16.2 Å². The summed E-state index contributed by atoms with van der Waals surface area (Å²) >= 11 is 5.29. The number of nitrogens with one attached hydrogen (secondary N) is 1. The first-order valence-corrected chi connectivity index (χ1v) is 8.53. The average Bonchev–Trinajstić information content (AvgIpc) is 2.80. The molecule has 0 radical (unpaired) electrons. The second-order valence-corrected chi connectivity index (χ2v) is 6.38. The summed E-state index contributed by atoms with van der Waals surface area (Å²) in [5.74, 6) is -1.32. The van der Waals surface area contributed by atoms with Crippen LogP contribution in [0.4, 0.5) is 0 Å². The third-order valence-corrected chi connectivity index (χ3v) is 4.68. The maximum absolute atomic E-state index is 12.3. The third kappa shape index (κ3) is 3.31. The predicted molar refractivity (Wildman–Crippen MR) is 92.6 cm³/mol. The summed E-state index contributed by atoms with van der Waals surface area (Å²) in [6.45, 7) is 1.33. The summed E-state index contributed by atoms with van der Waals surface area (Å²) in [5, 5.41) is 3.02. The Labute approximate surface area is 145 Å². The normalized spacial score (nSPS) is 17.5. The minimum absolute atomic E-state index is 0.319. The van der Waals surface area contributed by atoms with Crippen molar-refractivity contribution < 1.29 is 14.4 Å². The Bertz CT molecular complexity index is 661. The highest BCUT2D eigenvalue weighted by atomic mass is 32.1. The minimum atomic E-state index is -0.446. The monoisotopic (exact) mass is 345 g/mol. The zero-order valence-corrected chi connectivity index (χ0v) is 14.1. The molecule has 1 fully saturated rings. The Morgan fingerprint density at radius 2 is 1.54 bits per heavy atom. The quantitative estimate of drug-likeness (QED) is 0.651. The van der Waals surface area contributed by atoms with Gasteiger partial charge in [-0.25, -0.2) is 0 Å². The van der Waals surface area contributed by atoms with Gasteiger partial charge >= 0.3 is 0 Å². The van der Waals surface area contributed by atoms with E-state index < -0.39 is 17.7 Å². The Kier molecular flexibility index (Phi) is 4.89. The number of likely N-dealkylation sites (tertiary alicyclic amines) is 1. The van der Waals surface area contributed by atoms with Crippen molar-refractivity contribution in [2.24, 2.45) is 0 Å². The zero-order valence-electron chi connectivity index (χ0n) is 13.3. The van der Waals surface area contributed by atoms with E-state index in [0.717, 1.165) is 30.8 Å². The van der Waals surface area contributed by atoms with Gasteiger partial charge in [0, 0.05) is 13.1 Å². The summed E-state index contributed by atoms with van der Waals surface area (Å²) in [7, 11) is 0. The molecule has 0 bridgehead atoms. The van der Waals surface area contributed by atoms with E-state index in [1.54, 1.807) is 24.3 Å². The standard InChI is InChI=1S/C17H19N3O3S/c21-14(18-17(24)19-9-5-1-2-6-10-19)11-20-15(22)12-7-3-4-8-13(12)16(20)23/h3-4,7-8H,1-2,5-6,9-11H2,(H,18,21,24). The van der Waals surface area contributed by atoms with Gasteiger partial charge in [-0.1, -0.05) is 25.0 Å². The predicted octanol–water partition coefficient (Wildman–Crippen LogP) is 1.56. The van der Waals surface area contributed by atoms with Crippen molar-refractivity contribution >= 4 is 35.1 Å². The van der Waals surface area contributed by atoms with Crippen LogP contribution in [0.5, 0.6) is 0 Å². The molecule has 0 atom stereocenters. The number of imide groups is 1. The fraction of sp³-hybridized carbons (Fsp3) is 0.412. The number of fused-ring (bicyclic) bond motifs is 1. The number of hydrogen-bond acceptors (Lipinski definition) is 4. The van der Waals surface area contributed by atoms with Gasteiger partial charge in [0.15, 0.2) is 5.11 Å². The lowest BCUT2D eigenvalue weighted by atomic mass is 10.1. The Hall–Kier alpha value is -2.28. The Balaban J connectivity index is 1.60. The molecule has 1 aromatic carbocycles. The topological polar surface area (TPSA) is 69.7 Å². The van der Waals surface area contributed by atoms with Crippen LogP contribution in [0.1, 0.15) is 46.4 Å². The van der Waals surface area contributed by atoms with Crippen LogP contribution in [0.25, 0.3) is 0 Å². The lowest BCUT2D eigenvalue weighted by molar-refractivity contribution is -0.120. The molecule has 0 unspecified atom stereocenters. The maximum Gasteiger partial charge on any atom is 0.262 e. The van der Waals surface area contributed by atoms with Crippen LogP contribution in [0.3, 0.4) is 0 Å². The molecule has 2 aliphatic heterocycles. The van der Waals surface area contributed by atoms with Crippen LogP contribution in [-0.4, -0.2) is 52.3 Å². The van der Waals surface area contributed by atoms with Gasteiger partial charge in [0.25, 0.3) is 11.8 Å². The van der Waals surface area contributed by atoms with Crippen LogP contribution in [0, 0.1) is 0 Å². The molecule has 1 N–H and O–H groups in total. The molecule has 3 rings (SSSR count). The molecule has 126 valence electrons. The largest absolute Gasteiger partial charge is 0.349 e. The van der Waals surface area contributed by atoms with Crippen LogP contribution in [-0.2, 0) is 4.79 Å². The Morgan fingerprint density at radius 1 is 1.00 bits per heavy atom. The van der Waals surface area contributed by atoms with Crippen LogP contribution in [0.15, 0.2) is 24.3 Å². The molecule has 7 heteroatoms. The van der Waals surface area contributed by atoms with Gasteiger partial charge in [-0.05, 0) is 37.2 Å². The van der Waals surface area contributed by atoms with E-state index in [1.807, 2.05) is 4.90 Å². The van der Waals surface area contributed by atoms with Crippen LogP contribution in [0.2, 0.25) is 0 Å². The summed E-state index contributed by atoms with van der Waals surface area (Å²) in [4.78, 5) is 39.7. The highest BCUT2D eigenvalue weighted by Crippen LogP contribution is 2.21. The van der Waals surface area contributed by atoms with Crippen molar-refractivity contribution in [2.75, 3.05) is 19.6 Å². The molecule has 3 amide bonds. The fourth-order valence-electron chi connectivity index (χ4n) is 3.04. The fourth-order valence-corrected chi connectivity index (χ4v) is 3.33. The Morgan fingerprint density at radius 3 is 2.08 bits per heavy atom. The first-order chi connectivity index (χ1) is 11.6. The SMILES string of the molecule is O=C(CN1C(=O)c2ccccc2C1=O)NC(=S)N1CCCCCC1. The van der Waals surface area contributed by atoms with Crippen molar-refractivity contribution in [1.82, 2.24) is 15.1 Å². The van der Waals surface area contributed by atoms with Gasteiger partial charge < -0.3 is 10.2 Å². The first kappa shape index (κ1) is 16.6. The highest BCUT2D eigenvalue weighted by Gasteiger charge is 2.36. The van der Waals surface area contributed by atoms with E-state index in [1.165, 1.54) is 12.8 Å². The second-order valence-electron chi connectivity index (χ2n) is 6.00. The highest BCUT2D eigenvalue weighted by molar-refractivity contribution is 7.80. The summed E-state index contributed by atoms with van der Waals surface area (Å²) in [5.41, 5.74) is 0.677. The van der Waals surface area contributed by atoms with Gasteiger partial charge in [-0.2, -0.15) is 0 Å². The molecule has 1 aromatic rings. The average molecular weight is 345 g/mol. The number of thiocarbonyl (C=S) groups is 1. The zero-order chi connectivity index (χ0) is 17.1. The molecule has 24 heavy (non-hydrogen) atoms. The molecular weight excluding hydrogens is 326 g/mol. The molecule has 0 saturated carbocycles. The van der Waals surface area contributed by atoms with Crippen molar-refractivity contribution in [3.05, 3.63) is 35.4 Å². The van der Waals surface area contributed by atoms with Gasteiger partial charge in [0.1, 0.15) is 6.54 Å². The third-order valence-electron chi connectivity index (χ3n) is 4.32. The molecule has 6 nitrogen and oxygen atoms in total. The van der Waals surface area contributed by atoms with E-state index in [4.69, 9.17) is 12.2 Å². The van der Waals surface area contributed by atoms with Crippen molar-refractivity contribution in [3.8, 4) is 0 Å². The molecule has 0 spiro atoms. The smallest absolute Gasteiger partial charge is 0.262 e. The van der Waals surface area contributed by atoms with Gasteiger partial charge in [-0.15, -0.1) is 0 Å². The maximum atomic E-state index is 12.3. The van der Waals surface area contributed by atoms with E-state index >= 15 is 0 Å². The number of rotatable bonds is 2. The lowest BCUT2D eigenvalue weighted by Crippen LogP contribution is -2.47. The van der Waals surface area contributed by atoms with E-state index in [2.05, 4.69) is 5.32 Å². The molecule has 2 aliphatic rings. The van der Waals surface area contributed by atoms with Crippen molar-refractivity contribution in [2.45, 2.75) is 25.7 Å². The van der Waals surface area contributed by atoms with Gasteiger partial charge in [-0.3, -0.25) is 19.3 Å². The van der Waals surface area contributed by atoms with Crippen molar-refractivity contribution in [1.29, 1.82) is 0 Å².